The lowest BCUT2D eigenvalue weighted by molar-refractivity contribution is 0.960. The Balaban J connectivity index is 1.71. The van der Waals surface area contributed by atoms with E-state index in [1.807, 2.05) is 6.20 Å². The number of nitrogens with zero attached hydrogens (tertiary/aromatic N) is 3. The molecule has 6 heteroatoms. The molecule has 1 aliphatic rings. The van der Waals surface area contributed by atoms with Crippen LogP contribution < -0.4 is 5.32 Å². The molecule has 0 spiro atoms. The molecular formula is C13H11N5S. The van der Waals surface area contributed by atoms with E-state index in [0.717, 1.165) is 23.7 Å². The minimum atomic E-state index is 0.586. The highest BCUT2D eigenvalue weighted by atomic mass is 32.1. The fraction of sp³-hybridized carbons (Fsp3) is 0.154. The monoisotopic (exact) mass is 269 g/mol. The molecular weight excluding hydrogens is 258 g/mol. The van der Waals surface area contributed by atoms with E-state index in [1.165, 1.54) is 16.0 Å². The molecule has 1 aliphatic carbocycles. The van der Waals surface area contributed by atoms with Gasteiger partial charge in [-0.3, -0.25) is 0 Å². The van der Waals surface area contributed by atoms with Crippen LogP contribution in [0.2, 0.25) is 0 Å². The largest absolute Gasteiger partial charge is 0.367 e. The van der Waals surface area contributed by atoms with E-state index in [0.29, 0.717) is 5.95 Å². The van der Waals surface area contributed by atoms with Crippen molar-refractivity contribution in [2.45, 2.75) is 12.8 Å². The first kappa shape index (κ1) is 10.7. The molecule has 19 heavy (non-hydrogen) atoms. The summed E-state index contributed by atoms with van der Waals surface area (Å²) in [7, 11) is 0. The highest BCUT2D eigenvalue weighted by Crippen LogP contribution is 2.38. The number of hydrogen-bond donors (Lipinski definition) is 2. The number of hydrogen-bond acceptors (Lipinski definition) is 5. The normalized spacial score (nSPS) is 12.8. The Labute approximate surface area is 113 Å². The van der Waals surface area contributed by atoms with Crippen LogP contribution in [-0.4, -0.2) is 19.9 Å². The van der Waals surface area contributed by atoms with Gasteiger partial charge in [-0.25, -0.2) is 15.0 Å². The summed E-state index contributed by atoms with van der Waals surface area (Å²) >= 11 is 1.68. The van der Waals surface area contributed by atoms with Gasteiger partial charge in [0.15, 0.2) is 5.13 Å². The minimum absolute atomic E-state index is 0.586. The van der Waals surface area contributed by atoms with Crippen LogP contribution >= 0.6 is 11.3 Å². The van der Waals surface area contributed by atoms with E-state index in [-0.39, 0.29) is 0 Å². The van der Waals surface area contributed by atoms with Crippen LogP contribution in [0.1, 0.15) is 10.4 Å². The number of aryl methyl sites for hydroxylation is 2. The lowest BCUT2D eigenvalue weighted by atomic mass is 9.98. The molecule has 0 saturated heterocycles. The maximum atomic E-state index is 4.67. The average molecular weight is 269 g/mol. The van der Waals surface area contributed by atoms with Crippen molar-refractivity contribution in [3.8, 4) is 11.3 Å². The van der Waals surface area contributed by atoms with Gasteiger partial charge in [0.2, 0.25) is 5.95 Å². The van der Waals surface area contributed by atoms with Crippen molar-refractivity contribution >= 4 is 22.4 Å². The molecule has 0 fully saturated rings. The predicted octanol–water partition coefficient (Wildman–Crippen LogP) is 2.77. The van der Waals surface area contributed by atoms with Crippen molar-refractivity contribution in [2.24, 2.45) is 0 Å². The first-order valence-corrected chi connectivity index (χ1v) is 6.91. The van der Waals surface area contributed by atoms with E-state index >= 15 is 0 Å². The Kier molecular flexibility index (Phi) is 2.34. The van der Waals surface area contributed by atoms with Crippen LogP contribution in [0.25, 0.3) is 11.3 Å². The van der Waals surface area contributed by atoms with Crippen molar-refractivity contribution in [2.75, 3.05) is 5.32 Å². The van der Waals surface area contributed by atoms with E-state index in [9.17, 15) is 0 Å². The van der Waals surface area contributed by atoms with Crippen LogP contribution in [0.5, 0.6) is 0 Å². The van der Waals surface area contributed by atoms with Crippen molar-refractivity contribution in [1.29, 1.82) is 0 Å². The highest BCUT2D eigenvalue weighted by molar-refractivity contribution is 7.16. The summed E-state index contributed by atoms with van der Waals surface area (Å²) in [6, 6.07) is 1.80. The summed E-state index contributed by atoms with van der Waals surface area (Å²) in [6.07, 6.45) is 9.64. The van der Waals surface area contributed by atoms with Gasteiger partial charge in [0.25, 0.3) is 0 Å². The summed E-state index contributed by atoms with van der Waals surface area (Å²) < 4.78 is 0. The summed E-state index contributed by atoms with van der Waals surface area (Å²) in [6.45, 7) is 0. The third-order valence-electron chi connectivity index (χ3n) is 3.19. The second-order valence-electron chi connectivity index (χ2n) is 4.38. The number of aromatic amines is 1. The van der Waals surface area contributed by atoms with Crippen LogP contribution in [0.15, 0.2) is 30.9 Å². The summed E-state index contributed by atoms with van der Waals surface area (Å²) in [4.78, 5) is 17.5. The van der Waals surface area contributed by atoms with Gasteiger partial charge in [0, 0.05) is 35.2 Å². The summed E-state index contributed by atoms with van der Waals surface area (Å²) in [5.41, 5.74) is 3.66. The van der Waals surface area contributed by atoms with Crippen molar-refractivity contribution in [1.82, 2.24) is 19.9 Å². The van der Waals surface area contributed by atoms with Gasteiger partial charge >= 0.3 is 0 Å². The highest BCUT2D eigenvalue weighted by Gasteiger charge is 2.21. The van der Waals surface area contributed by atoms with E-state index in [2.05, 4.69) is 31.4 Å². The molecule has 3 aromatic rings. The third-order valence-corrected chi connectivity index (χ3v) is 4.22. The number of H-pyrrole nitrogens is 1. The maximum absolute atomic E-state index is 4.67. The molecule has 4 rings (SSSR count). The van der Waals surface area contributed by atoms with Crippen molar-refractivity contribution < 1.29 is 0 Å². The zero-order valence-electron chi connectivity index (χ0n) is 10.1. The molecule has 0 aromatic carbocycles. The fourth-order valence-electron chi connectivity index (χ4n) is 2.32. The van der Waals surface area contributed by atoms with Gasteiger partial charge in [-0.15, -0.1) is 11.3 Å². The SMILES string of the molecule is c1cnc(Nc2nc3c(s2)CCc2c[nH]cc2-3)nc1. The summed E-state index contributed by atoms with van der Waals surface area (Å²) in [5.74, 6) is 0.586. The van der Waals surface area contributed by atoms with Gasteiger partial charge in [0.1, 0.15) is 0 Å². The number of fused-ring (bicyclic) bond motifs is 3. The standard InChI is InChI=1S/C13H11N5S/c1-4-15-12(16-5-1)18-13-17-11-9-7-14-6-8(9)2-3-10(11)19-13/h1,4-7,14H,2-3H2,(H,15,16,17,18). The van der Waals surface area contributed by atoms with E-state index < -0.39 is 0 Å². The zero-order chi connectivity index (χ0) is 12.7. The lowest BCUT2D eigenvalue weighted by Crippen LogP contribution is -1.98. The molecule has 0 saturated carbocycles. The van der Waals surface area contributed by atoms with Crippen LogP contribution in [0.4, 0.5) is 11.1 Å². The molecule has 94 valence electrons. The van der Waals surface area contributed by atoms with E-state index in [4.69, 9.17) is 0 Å². The molecule has 2 N–H and O–H groups in total. The lowest BCUT2D eigenvalue weighted by Gasteiger charge is -2.08. The van der Waals surface area contributed by atoms with Crippen LogP contribution in [0, 0.1) is 0 Å². The fourth-order valence-corrected chi connectivity index (χ4v) is 3.28. The predicted molar refractivity (Wildman–Crippen MR) is 74.6 cm³/mol. The molecule has 3 heterocycles. The molecule has 0 bridgehead atoms. The van der Waals surface area contributed by atoms with Gasteiger partial charge in [0.05, 0.1) is 5.69 Å². The van der Waals surface area contributed by atoms with Gasteiger partial charge in [-0.1, -0.05) is 0 Å². The molecule has 0 aliphatic heterocycles. The Morgan fingerprint density at radius 3 is 2.95 bits per heavy atom. The van der Waals surface area contributed by atoms with Crippen LogP contribution in [-0.2, 0) is 12.8 Å². The Morgan fingerprint density at radius 2 is 2.05 bits per heavy atom. The quantitative estimate of drug-likeness (QED) is 0.750. The molecule has 5 nitrogen and oxygen atoms in total. The maximum Gasteiger partial charge on any atom is 0.228 e. The smallest absolute Gasteiger partial charge is 0.228 e. The Bertz CT molecular complexity index is 716. The Morgan fingerprint density at radius 1 is 1.16 bits per heavy atom. The number of thiazole rings is 1. The van der Waals surface area contributed by atoms with E-state index in [1.54, 1.807) is 29.8 Å². The number of anilines is 2. The van der Waals surface area contributed by atoms with Crippen molar-refractivity contribution in [3.63, 3.8) is 0 Å². The van der Waals surface area contributed by atoms with Crippen LogP contribution in [0.3, 0.4) is 0 Å². The number of aromatic nitrogens is 4. The molecule has 3 aromatic heterocycles. The molecule has 0 radical (unpaired) electrons. The van der Waals surface area contributed by atoms with Gasteiger partial charge in [-0.05, 0) is 24.5 Å². The zero-order valence-corrected chi connectivity index (χ0v) is 10.9. The molecule has 0 unspecified atom stereocenters. The molecule has 0 amide bonds. The topological polar surface area (TPSA) is 66.5 Å². The summed E-state index contributed by atoms with van der Waals surface area (Å²) in [5, 5.41) is 4.01. The first-order chi connectivity index (χ1) is 9.40. The second-order valence-corrected chi connectivity index (χ2v) is 5.47. The van der Waals surface area contributed by atoms with Gasteiger partial charge < -0.3 is 10.3 Å². The second kappa shape index (κ2) is 4.17. The van der Waals surface area contributed by atoms with Crippen molar-refractivity contribution in [3.05, 3.63) is 41.3 Å². The minimum Gasteiger partial charge on any atom is -0.367 e. The molecule has 0 atom stereocenters. The average Bonchev–Trinajstić information content (AvgIpc) is 3.04. The number of nitrogens with one attached hydrogen (secondary N) is 2. The Hall–Kier alpha value is -2.21. The van der Waals surface area contributed by atoms with Gasteiger partial charge in [-0.2, -0.15) is 0 Å². The first-order valence-electron chi connectivity index (χ1n) is 6.10. The third kappa shape index (κ3) is 1.80. The number of rotatable bonds is 2.